The number of piperidine rings is 1. The molecule has 1 atom stereocenters. The molecule has 3 rings (SSSR count). The molecule has 186 valence electrons. The van der Waals surface area contributed by atoms with Crippen LogP contribution >= 0.6 is 0 Å². The quantitative estimate of drug-likeness (QED) is 0.310. The number of nitrogens with zero attached hydrogens (tertiary/aromatic N) is 1. The molecule has 1 amide bonds. The van der Waals surface area contributed by atoms with Crippen LogP contribution < -0.4 is 15.0 Å². The highest BCUT2D eigenvalue weighted by Gasteiger charge is 2.31. The number of nitrogens with one attached hydrogen (secondary N) is 1. The molecule has 1 unspecified atom stereocenters. The fourth-order valence-electron chi connectivity index (χ4n) is 3.46. The van der Waals surface area contributed by atoms with Gasteiger partial charge >= 0.3 is 6.18 Å². The van der Waals surface area contributed by atoms with Crippen LogP contribution in [0.25, 0.3) is 0 Å². The Bertz CT molecular complexity index is 995. The molecule has 0 bridgehead atoms. The van der Waals surface area contributed by atoms with Crippen LogP contribution in [0, 0.1) is 0 Å². The number of hydroxylamine groups is 1. The van der Waals surface area contributed by atoms with Gasteiger partial charge in [-0.05, 0) is 49.2 Å². The number of carbonyl (C=O) groups is 1. The third-order valence-electron chi connectivity index (χ3n) is 5.17. The van der Waals surface area contributed by atoms with E-state index in [4.69, 9.17) is 19.4 Å². The minimum absolute atomic E-state index is 0.0393. The van der Waals surface area contributed by atoms with Crippen LogP contribution in [0.4, 0.5) is 13.2 Å². The molecule has 0 spiro atoms. The molecular weight excluding hydrogens is 477 g/mol. The number of methoxy groups -OCH3 is 1. The first-order valence-corrected chi connectivity index (χ1v) is 11.5. The fraction of sp³-hybridized carbons (Fsp3) is 0.409. The lowest BCUT2D eigenvalue weighted by Gasteiger charge is -2.31. The number of halogens is 3. The van der Waals surface area contributed by atoms with Gasteiger partial charge in [0.1, 0.15) is 40.8 Å². The molecule has 1 aliphatic heterocycles. The van der Waals surface area contributed by atoms with E-state index in [0.717, 1.165) is 12.1 Å². The number of alkyl halides is 3. The first-order valence-electron chi connectivity index (χ1n) is 10.4. The highest BCUT2D eigenvalue weighted by molar-refractivity contribution is 7.82. The second kappa shape index (κ2) is 11.6. The minimum atomic E-state index is -4.41. The Labute approximate surface area is 197 Å². The normalized spacial score (nSPS) is 16.1. The Morgan fingerprint density at radius 3 is 2.41 bits per heavy atom. The van der Waals surface area contributed by atoms with Crippen LogP contribution in [-0.4, -0.2) is 59.1 Å². The molecule has 1 heterocycles. The number of carbonyl (C=O) groups excluding carboxylic acids is 1. The van der Waals surface area contributed by atoms with Crippen molar-refractivity contribution in [2.24, 2.45) is 0 Å². The highest BCUT2D eigenvalue weighted by Crippen LogP contribution is 2.31. The average Bonchev–Trinajstić information content (AvgIpc) is 2.83. The minimum Gasteiger partial charge on any atom is -0.490 e. The zero-order chi connectivity index (χ0) is 24.7. The van der Waals surface area contributed by atoms with Crippen molar-refractivity contribution in [2.45, 2.75) is 30.0 Å². The van der Waals surface area contributed by atoms with Gasteiger partial charge < -0.3 is 14.2 Å². The molecule has 0 aliphatic carbocycles. The molecule has 12 heteroatoms. The smallest absolute Gasteiger partial charge is 0.416 e. The monoisotopic (exact) mass is 502 g/mol. The number of ether oxygens (including phenoxy) is 3. The van der Waals surface area contributed by atoms with Gasteiger partial charge in [-0.3, -0.25) is 10.0 Å². The SMILES string of the molecule is COCCOc1cccc(S(=O)N2CCC(Oc3ccc(C(F)(F)F)cc3)CC2)c1C(=O)NO. The lowest BCUT2D eigenvalue weighted by Crippen LogP contribution is -2.39. The van der Waals surface area contributed by atoms with E-state index in [1.807, 2.05) is 0 Å². The lowest BCUT2D eigenvalue weighted by molar-refractivity contribution is -0.137. The molecule has 0 aromatic heterocycles. The van der Waals surface area contributed by atoms with E-state index in [1.54, 1.807) is 15.9 Å². The fourth-order valence-corrected chi connectivity index (χ4v) is 4.84. The van der Waals surface area contributed by atoms with Gasteiger partial charge in [-0.2, -0.15) is 13.2 Å². The first-order chi connectivity index (χ1) is 16.2. The van der Waals surface area contributed by atoms with Crippen LogP contribution in [0.15, 0.2) is 47.4 Å². The van der Waals surface area contributed by atoms with E-state index in [9.17, 15) is 22.2 Å². The van der Waals surface area contributed by atoms with E-state index < -0.39 is 28.6 Å². The van der Waals surface area contributed by atoms with Crippen molar-refractivity contribution in [3.63, 3.8) is 0 Å². The third kappa shape index (κ3) is 6.47. The second-order valence-corrected chi connectivity index (χ2v) is 8.88. The van der Waals surface area contributed by atoms with Gasteiger partial charge in [0.25, 0.3) is 5.91 Å². The van der Waals surface area contributed by atoms with Gasteiger partial charge in [-0.15, -0.1) is 0 Å². The van der Waals surface area contributed by atoms with Crippen molar-refractivity contribution in [2.75, 3.05) is 33.4 Å². The molecule has 0 radical (unpaired) electrons. The first kappa shape index (κ1) is 25.9. The summed E-state index contributed by atoms with van der Waals surface area (Å²) in [4.78, 5) is 12.5. The summed E-state index contributed by atoms with van der Waals surface area (Å²) in [5.74, 6) is -0.359. The maximum absolute atomic E-state index is 13.3. The number of hydrogen-bond donors (Lipinski definition) is 2. The number of benzene rings is 2. The lowest BCUT2D eigenvalue weighted by atomic mass is 10.1. The molecule has 1 fully saturated rings. The maximum atomic E-state index is 13.3. The van der Waals surface area contributed by atoms with Crippen molar-refractivity contribution in [1.82, 2.24) is 9.79 Å². The van der Waals surface area contributed by atoms with Crippen LogP contribution in [-0.2, 0) is 21.9 Å². The maximum Gasteiger partial charge on any atom is 0.416 e. The largest absolute Gasteiger partial charge is 0.490 e. The number of rotatable bonds is 9. The van der Waals surface area contributed by atoms with Crippen LogP contribution in [0.1, 0.15) is 28.8 Å². The summed E-state index contributed by atoms with van der Waals surface area (Å²) in [6, 6.07) is 9.15. The molecule has 2 aromatic carbocycles. The highest BCUT2D eigenvalue weighted by atomic mass is 32.2. The summed E-state index contributed by atoms with van der Waals surface area (Å²) >= 11 is 0. The average molecular weight is 503 g/mol. The predicted octanol–water partition coefficient (Wildman–Crippen LogP) is 3.42. The molecule has 2 N–H and O–H groups in total. The van der Waals surface area contributed by atoms with Gasteiger partial charge in [-0.1, -0.05) is 6.07 Å². The van der Waals surface area contributed by atoms with Gasteiger partial charge in [0.15, 0.2) is 0 Å². The Morgan fingerprint density at radius 1 is 1.15 bits per heavy atom. The summed E-state index contributed by atoms with van der Waals surface area (Å²) < 4.78 is 69.3. The van der Waals surface area contributed by atoms with Crippen molar-refractivity contribution < 1.29 is 41.6 Å². The predicted molar refractivity (Wildman–Crippen MR) is 116 cm³/mol. The van der Waals surface area contributed by atoms with Gasteiger partial charge in [0.05, 0.1) is 17.1 Å². The zero-order valence-corrected chi connectivity index (χ0v) is 19.2. The van der Waals surface area contributed by atoms with Crippen molar-refractivity contribution in [3.05, 3.63) is 53.6 Å². The number of hydrogen-bond acceptors (Lipinski definition) is 6. The van der Waals surface area contributed by atoms with Crippen LogP contribution in [0.5, 0.6) is 11.5 Å². The van der Waals surface area contributed by atoms with Crippen LogP contribution in [0.2, 0.25) is 0 Å². The van der Waals surface area contributed by atoms with Gasteiger partial charge in [0.2, 0.25) is 0 Å². The van der Waals surface area contributed by atoms with E-state index >= 15 is 0 Å². The van der Waals surface area contributed by atoms with Crippen molar-refractivity contribution in [1.29, 1.82) is 0 Å². The summed E-state index contributed by atoms with van der Waals surface area (Å²) in [5.41, 5.74) is 0.776. The molecule has 34 heavy (non-hydrogen) atoms. The van der Waals surface area contributed by atoms with Gasteiger partial charge in [0, 0.05) is 20.2 Å². The van der Waals surface area contributed by atoms with E-state index in [-0.39, 0.29) is 35.5 Å². The molecule has 2 aromatic rings. The molecule has 1 saturated heterocycles. The number of amides is 1. The Hall–Kier alpha value is -2.67. The van der Waals surface area contributed by atoms with Gasteiger partial charge in [-0.25, -0.2) is 14.0 Å². The van der Waals surface area contributed by atoms with E-state index in [1.165, 1.54) is 31.4 Å². The summed E-state index contributed by atoms with van der Waals surface area (Å²) in [7, 11) is -0.225. The zero-order valence-electron chi connectivity index (χ0n) is 18.3. The molecule has 0 saturated carbocycles. The Morgan fingerprint density at radius 2 is 1.82 bits per heavy atom. The summed E-state index contributed by atoms with van der Waals surface area (Å²) in [6.45, 7) is 1.17. The third-order valence-corrected chi connectivity index (χ3v) is 6.72. The van der Waals surface area contributed by atoms with Crippen molar-refractivity contribution in [3.8, 4) is 11.5 Å². The summed E-state index contributed by atoms with van der Waals surface area (Å²) in [6.07, 6.45) is -3.70. The molecular formula is C22H25F3N2O6S. The van der Waals surface area contributed by atoms with E-state index in [2.05, 4.69) is 0 Å². The topological polar surface area (TPSA) is 97.3 Å². The Kier molecular flexibility index (Phi) is 8.89. The standard InChI is InChI=1S/C22H25F3N2O6S/c1-31-13-14-32-18-3-2-4-19(20(18)21(28)26-29)34(30)27-11-9-17(10-12-27)33-16-7-5-15(6-8-16)22(23,24)25/h2-8,17,29H,9-14H2,1H3,(H,26,28). The molecule has 1 aliphatic rings. The molecule has 8 nitrogen and oxygen atoms in total. The van der Waals surface area contributed by atoms with Crippen molar-refractivity contribution >= 4 is 16.9 Å². The van der Waals surface area contributed by atoms with Crippen LogP contribution in [0.3, 0.4) is 0 Å². The van der Waals surface area contributed by atoms with E-state index in [0.29, 0.717) is 31.7 Å². The second-order valence-electron chi connectivity index (χ2n) is 7.43. The Balaban J connectivity index is 1.66. The summed E-state index contributed by atoms with van der Waals surface area (Å²) in [5, 5.41) is 9.17.